The number of piperidine rings is 1. The maximum atomic E-state index is 14.4. The van der Waals surface area contributed by atoms with Crippen molar-refractivity contribution in [1.82, 2.24) is 9.62 Å². The summed E-state index contributed by atoms with van der Waals surface area (Å²) in [6, 6.07) is 10.6. The summed E-state index contributed by atoms with van der Waals surface area (Å²) in [7, 11) is -3.30. The van der Waals surface area contributed by atoms with Crippen molar-refractivity contribution in [3.05, 3.63) is 59.7 Å². The smallest absolute Gasteiger partial charge is 0.226 e. The summed E-state index contributed by atoms with van der Waals surface area (Å²) in [5, 5.41) is -0.281. The maximum absolute atomic E-state index is 14.4. The molecule has 32 heavy (non-hydrogen) atoms. The van der Waals surface area contributed by atoms with Crippen molar-refractivity contribution in [1.29, 1.82) is 0 Å². The van der Waals surface area contributed by atoms with E-state index in [1.54, 1.807) is 17.0 Å². The van der Waals surface area contributed by atoms with Crippen molar-refractivity contribution < 1.29 is 22.0 Å². The Morgan fingerprint density at radius 1 is 1.00 bits per heavy atom. The number of halogens is 2. The van der Waals surface area contributed by atoms with Crippen LogP contribution in [0.1, 0.15) is 43.6 Å². The molecule has 1 heterocycles. The van der Waals surface area contributed by atoms with Gasteiger partial charge in [0.15, 0.2) is 0 Å². The van der Waals surface area contributed by atoms with Gasteiger partial charge in [0.1, 0.15) is 11.6 Å². The van der Waals surface area contributed by atoms with Gasteiger partial charge in [0.25, 0.3) is 0 Å². The van der Waals surface area contributed by atoms with Crippen molar-refractivity contribution in [2.24, 2.45) is 5.92 Å². The van der Waals surface area contributed by atoms with E-state index in [4.69, 9.17) is 0 Å². The molecule has 5 nitrogen and oxygen atoms in total. The zero-order chi connectivity index (χ0) is 22.5. The van der Waals surface area contributed by atoms with Crippen LogP contribution in [0.4, 0.5) is 8.78 Å². The van der Waals surface area contributed by atoms with Gasteiger partial charge in [-0.05, 0) is 61.3 Å². The van der Waals surface area contributed by atoms with Crippen molar-refractivity contribution >= 4 is 15.9 Å². The molecule has 0 radical (unpaired) electrons. The van der Waals surface area contributed by atoms with Crippen molar-refractivity contribution in [3.63, 3.8) is 0 Å². The average molecular weight is 461 g/mol. The molecule has 0 unspecified atom stereocenters. The molecule has 0 spiro atoms. The third-order valence-corrected chi connectivity index (χ3v) is 8.74. The number of rotatable bonds is 6. The van der Waals surface area contributed by atoms with Crippen molar-refractivity contribution in [2.75, 3.05) is 13.1 Å². The fourth-order valence-electron chi connectivity index (χ4n) is 4.83. The first-order valence-electron chi connectivity index (χ1n) is 11.2. The number of hydrogen-bond donors (Lipinski definition) is 1. The second-order valence-electron chi connectivity index (χ2n) is 9.12. The summed E-state index contributed by atoms with van der Waals surface area (Å²) in [5.41, 5.74) is 1.20. The lowest BCUT2D eigenvalue weighted by Gasteiger charge is -2.33. The largest absolute Gasteiger partial charge is 0.341 e. The third kappa shape index (κ3) is 4.18. The Labute approximate surface area is 186 Å². The summed E-state index contributed by atoms with van der Waals surface area (Å²) in [6.07, 6.45) is 3.50. The van der Waals surface area contributed by atoms with Crippen LogP contribution in [-0.4, -0.2) is 43.6 Å². The molecule has 5 rings (SSSR count). The molecular formula is C24H26F2N2O3S. The molecule has 3 atom stereocenters. The number of hydrogen-bond acceptors (Lipinski definition) is 3. The first-order valence-corrected chi connectivity index (χ1v) is 12.7. The van der Waals surface area contributed by atoms with E-state index in [1.807, 2.05) is 12.1 Å². The van der Waals surface area contributed by atoms with Crippen LogP contribution < -0.4 is 4.72 Å². The summed E-state index contributed by atoms with van der Waals surface area (Å²) in [5.74, 6) is -1.59. The van der Waals surface area contributed by atoms with Gasteiger partial charge in [-0.3, -0.25) is 4.79 Å². The standard InChI is InChI=1S/C24H26F2N2O3S/c25-21-8-3-9-22(26)23(21)18-7-2-1-6-17(18)19-13-20(19)24(29)28-12-4-5-15(14-28)27-32(30,31)16-10-11-16/h1-3,6-9,15-16,19-20,27H,4-5,10-14H2/t15-,19-,20+/m0/s1. The lowest BCUT2D eigenvalue weighted by Crippen LogP contribution is -2.50. The van der Waals surface area contributed by atoms with Gasteiger partial charge < -0.3 is 4.90 Å². The zero-order valence-corrected chi connectivity index (χ0v) is 18.5. The predicted octanol–water partition coefficient (Wildman–Crippen LogP) is 3.81. The minimum atomic E-state index is -3.30. The van der Waals surface area contributed by atoms with E-state index in [1.165, 1.54) is 18.2 Å². The Balaban J connectivity index is 1.30. The monoisotopic (exact) mass is 460 g/mol. The lowest BCUT2D eigenvalue weighted by atomic mass is 9.95. The number of nitrogens with one attached hydrogen (secondary N) is 1. The van der Waals surface area contributed by atoms with Crippen LogP contribution in [0.15, 0.2) is 42.5 Å². The lowest BCUT2D eigenvalue weighted by molar-refractivity contribution is -0.133. The molecule has 2 saturated carbocycles. The highest BCUT2D eigenvalue weighted by Crippen LogP contribution is 2.51. The molecule has 8 heteroatoms. The van der Waals surface area contributed by atoms with Gasteiger partial charge in [-0.15, -0.1) is 0 Å². The van der Waals surface area contributed by atoms with Gasteiger partial charge in [0, 0.05) is 25.0 Å². The van der Waals surface area contributed by atoms with Crippen LogP contribution >= 0.6 is 0 Å². The number of benzene rings is 2. The Bertz CT molecular complexity index is 1130. The van der Waals surface area contributed by atoms with E-state index >= 15 is 0 Å². The van der Waals surface area contributed by atoms with E-state index in [-0.39, 0.29) is 34.6 Å². The van der Waals surface area contributed by atoms with E-state index in [0.717, 1.165) is 18.4 Å². The number of likely N-dealkylation sites (tertiary alicyclic amines) is 1. The molecule has 3 fully saturated rings. The molecule has 1 saturated heterocycles. The highest BCUT2D eigenvalue weighted by Gasteiger charge is 2.47. The quantitative estimate of drug-likeness (QED) is 0.713. The molecule has 170 valence electrons. The number of carbonyl (C=O) groups excluding carboxylic acids is 1. The molecule has 3 aliphatic rings. The minimum Gasteiger partial charge on any atom is -0.341 e. The van der Waals surface area contributed by atoms with Gasteiger partial charge in [-0.2, -0.15) is 0 Å². The molecule has 2 aromatic carbocycles. The van der Waals surface area contributed by atoms with Gasteiger partial charge in [-0.25, -0.2) is 21.9 Å². The number of amides is 1. The predicted molar refractivity (Wildman–Crippen MR) is 117 cm³/mol. The Morgan fingerprint density at radius 3 is 2.44 bits per heavy atom. The summed E-state index contributed by atoms with van der Waals surface area (Å²) in [4.78, 5) is 14.9. The van der Waals surface area contributed by atoms with Crippen molar-refractivity contribution in [2.45, 2.75) is 49.3 Å². The minimum absolute atomic E-state index is 0.00544. The number of carbonyl (C=O) groups is 1. The van der Waals surface area contributed by atoms with Gasteiger partial charge in [0.2, 0.25) is 15.9 Å². The van der Waals surface area contributed by atoms with E-state index in [2.05, 4.69) is 4.72 Å². The normalized spacial score (nSPS) is 25.6. The van der Waals surface area contributed by atoms with Gasteiger partial charge in [-0.1, -0.05) is 30.3 Å². The molecule has 0 aromatic heterocycles. The summed E-state index contributed by atoms with van der Waals surface area (Å²) >= 11 is 0. The van der Waals surface area contributed by atoms with Crippen LogP contribution in [0.2, 0.25) is 0 Å². The molecule has 2 aliphatic carbocycles. The SMILES string of the molecule is O=C([C@@H]1C[C@H]1c1ccccc1-c1c(F)cccc1F)N1CCC[C@H](NS(=O)(=O)C2CC2)C1. The van der Waals surface area contributed by atoms with Crippen LogP contribution in [0, 0.1) is 17.6 Å². The fourth-order valence-corrected chi connectivity index (χ4v) is 6.44. The van der Waals surface area contributed by atoms with Gasteiger partial charge in [0.05, 0.1) is 10.8 Å². The van der Waals surface area contributed by atoms with E-state index < -0.39 is 21.7 Å². The Kier molecular flexibility index (Phi) is 5.53. The molecule has 1 amide bonds. The Morgan fingerprint density at radius 2 is 1.72 bits per heavy atom. The van der Waals surface area contributed by atoms with Crippen LogP contribution in [0.25, 0.3) is 11.1 Å². The van der Waals surface area contributed by atoms with Crippen LogP contribution in [-0.2, 0) is 14.8 Å². The topological polar surface area (TPSA) is 66.5 Å². The highest BCUT2D eigenvalue weighted by atomic mass is 32.2. The molecular weight excluding hydrogens is 434 g/mol. The van der Waals surface area contributed by atoms with Crippen molar-refractivity contribution in [3.8, 4) is 11.1 Å². The second-order valence-corrected chi connectivity index (χ2v) is 11.1. The fraction of sp³-hybridized carbons (Fsp3) is 0.458. The first-order chi connectivity index (χ1) is 15.3. The van der Waals surface area contributed by atoms with E-state index in [0.29, 0.717) is 37.9 Å². The Hall–Kier alpha value is -2.32. The van der Waals surface area contributed by atoms with Crippen LogP contribution in [0.3, 0.4) is 0 Å². The molecule has 1 N–H and O–H groups in total. The number of sulfonamides is 1. The third-order valence-electron chi connectivity index (χ3n) is 6.73. The van der Waals surface area contributed by atoms with Crippen LogP contribution in [0.5, 0.6) is 0 Å². The molecule has 0 bridgehead atoms. The summed E-state index contributed by atoms with van der Waals surface area (Å²) < 4.78 is 56.2. The first kappa shape index (κ1) is 21.5. The van der Waals surface area contributed by atoms with Gasteiger partial charge >= 0.3 is 0 Å². The van der Waals surface area contributed by atoms with E-state index in [9.17, 15) is 22.0 Å². The summed E-state index contributed by atoms with van der Waals surface area (Å²) in [6.45, 7) is 0.977. The number of nitrogens with zero attached hydrogens (tertiary/aromatic N) is 1. The second kappa shape index (κ2) is 8.23. The maximum Gasteiger partial charge on any atom is 0.226 e. The zero-order valence-electron chi connectivity index (χ0n) is 17.6. The molecule has 2 aromatic rings. The highest BCUT2D eigenvalue weighted by molar-refractivity contribution is 7.90. The average Bonchev–Trinajstić information content (AvgIpc) is 3.67. The molecule has 1 aliphatic heterocycles.